The third kappa shape index (κ3) is 6.85. The summed E-state index contributed by atoms with van der Waals surface area (Å²) in [5.74, 6) is 0.918. The van der Waals surface area contributed by atoms with E-state index in [-0.39, 0.29) is 0 Å². The zero-order valence-electron chi connectivity index (χ0n) is 14.5. The van der Waals surface area contributed by atoms with Crippen LogP contribution in [0.4, 0.5) is 0 Å². The predicted octanol–water partition coefficient (Wildman–Crippen LogP) is 3.62. The lowest BCUT2D eigenvalue weighted by Gasteiger charge is -2.10. The first-order chi connectivity index (χ1) is 11.1. The van der Waals surface area contributed by atoms with Crippen molar-refractivity contribution in [2.24, 2.45) is 0 Å². The highest BCUT2D eigenvalue weighted by atomic mass is 16.5. The van der Waals surface area contributed by atoms with Crippen molar-refractivity contribution in [1.82, 2.24) is 10.2 Å². The molecule has 0 atom stereocenters. The van der Waals surface area contributed by atoms with Crippen LogP contribution in [0.5, 0.6) is 5.75 Å². The molecule has 0 aromatic heterocycles. The van der Waals surface area contributed by atoms with E-state index < -0.39 is 0 Å². The summed E-state index contributed by atoms with van der Waals surface area (Å²) in [6, 6.07) is 16.8. The molecule has 0 spiro atoms. The zero-order valence-corrected chi connectivity index (χ0v) is 14.5. The summed E-state index contributed by atoms with van der Waals surface area (Å²) < 4.78 is 5.83. The minimum atomic E-state index is 0.614. The number of aryl methyl sites for hydroxylation is 1. The van der Waals surface area contributed by atoms with Gasteiger partial charge in [0.15, 0.2) is 0 Å². The van der Waals surface area contributed by atoms with Crippen LogP contribution in [0, 0.1) is 6.92 Å². The largest absolute Gasteiger partial charge is 0.489 e. The third-order valence-corrected chi connectivity index (χ3v) is 3.74. The minimum absolute atomic E-state index is 0.614. The molecule has 124 valence electrons. The average Bonchev–Trinajstić information content (AvgIpc) is 2.55. The Morgan fingerprint density at radius 2 is 1.57 bits per heavy atom. The lowest BCUT2D eigenvalue weighted by molar-refractivity contribution is 0.306. The summed E-state index contributed by atoms with van der Waals surface area (Å²) in [5.41, 5.74) is 3.76. The van der Waals surface area contributed by atoms with E-state index in [1.54, 1.807) is 0 Å². The van der Waals surface area contributed by atoms with Gasteiger partial charge in [0.05, 0.1) is 0 Å². The van der Waals surface area contributed by atoms with Gasteiger partial charge in [-0.3, -0.25) is 0 Å². The first-order valence-electron chi connectivity index (χ1n) is 8.26. The van der Waals surface area contributed by atoms with Crippen molar-refractivity contribution >= 4 is 0 Å². The molecule has 0 aliphatic carbocycles. The monoisotopic (exact) mass is 312 g/mol. The summed E-state index contributed by atoms with van der Waals surface area (Å²) in [7, 11) is 4.21. The van der Waals surface area contributed by atoms with Gasteiger partial charge in [0.1, 0.15) is 12.4 Å². The van der Waals surface area contributed by atoms with Crippen LogP contribution < -0.4 is 10.1 Å². The van der Waals surface area contributed by atoms with E-state index in [1.807, 2.05) is 12.1 Å². The molecule has 2 aromatic carbocycles. The molecule has 2 aromatic rings. The normalized spacial score (nSPS) is 11.0. The summed E-state index contributed by atoms with van der Waals surface area (Å²) in [4.78, 5) is 2.21. The molecule has 0 heterocycles. The molecule has 3 nitrogen and oxygen atoms in total. The van der Waals surface area contributed by atoms with E-state index >= 15 is 0 Å². The molecule has 0 aliphatic rings. The van der Waals surface area contributed by atoms with Gasteiger partial charge >= 0.3 is 0 Å². The Kier molecular flexibility index (Phi) is 7.11. The van der Waals surface area contributed by atoms with Crippen LogP contribution in [-0.2, 0) is 13.2 Å². The summed E-state index contributed by atoms with van der Waals surface area (Å²) in [5, 5.41) is 3.47. The van der Waals surface area contributed by atoms with Gasteiger partial charge < -0.3 is 15.0 Å². The summed E-state index contributed by atoms with van der Waals surface area (Å²) in [6.07, 6.45) is 1.17. The molecule has 0 radical (unpaired) electrons. The first-order valence-corrected chi connectivity index (χ1v) is 8.26. The van der Waals surface area contributed by atoms with Crippen LogP contribution in [0.2, 0.25) is 0 Å². The van der Waals surface area contributed by atoms with Gasteiger partial charge in [-0.2, -0.15) is 0 Å². The Labute approximate surface area is 140 Å². The van der Waals surface area contributed by atoms with Gasteiger partial charge in [0.25, 0.3) is 0 Å². The van der Waals surface area contributed by atoms with Crippen molar-refractivity contribution in [3.05, 3.63) is 65.2 Å². The molecule has 0 bridgehead atoms. The second kappa shape index (κ2) is 9.33. The number of rotatable bonds is 9. The number of nitrogens with zero attached hydrogens (tertiary/aromatic N) is 1. The maximum absolute atomic E-state index is 5.83. The molecular formula is C20H28N2O. The predicted molar refractivity (Wildman–Crippen MR) is 96.8 cm³/mol. The van der Waals surface area contributed by atoms with Crippen LogP contribution in [-0.4, -0.2) is 32.1 Å². The zero-order chi connectivity index (χ0) is 16.5. The van der Waals surface area contributed by atoms with Crippen molar-refractivity contribution in [3.8, 4) is 5.75 Å². The molecule has 23 heavy (non-hydrogen) atoms. The third-order valence-electron chi connectivity index (χ3n) is 3.74. The molecular weight excluding hydrogens is 284 g/mol. The molecule has 2 rings (SSSR count). The molecule has 0 saturated carbocycles. The maximum atomic E-state index is 5.83. The Morgan fingerprint density at radius 3 is 2.22 bits per heavy atom. The van der Waals surface area contributed by atoms with Gasteiger partial charge in [-0.15, -0.1) is 0 Å². The molecule has 0 fully saturated rings. The highest BCUT2D eigenvalue weighted by Crippen LogP contribution is 2.14. The van der Waals surface area contributed by atoms with Gasteiger partial charge in [0.2, 0.25) is 0 Å². The van der Waals surface area contributed by atoms with Crippen LogP contribution in [0.25, 0.3) is 0 Å². The molecule has 1 N–H and O–H groups in total. The van der Waals surface area contributed by atoms with E-state index in [0.29, 0.717) is 6.61 Å². The lowest BCUT2D eigenvalue weighted by Crippen LogP contribution is -2.20. The van der Waals surface area contributed by atoms with Crippen LogP contribution in [0.15, 0.2) is 48.5 Å². The maximum Gasteiger partial charge on any atom is 0.119 e. The second-order valence-corrected chi connectivity index (χ2v) is 6.25. The first kappa shape index (κ1) is 17.5. The van der Waals surface area contributed by atoms with E-state index in [9.17, 15) is 0 Å². The second-order valence-electron chi connectivity index (χ2n) is 6.25. The molecule has 0 aliphatic heterocycles. The standard InChI is InChI=1S/C20H28N2O/c1-17-5-7-19(8-6-17)16-23-20-11-9-18(10-12-20)15-21-13-4-14-22(2)3/h5-12,21H,4,13-16H2,1-3H3. The van der Waals surface area contributed by atoms with Gasteiger partial charge in [-0.05, 0) is 63.8 Å². The Bertz CT molecular complexity index is 561. The number of hydrogen-bond acceptors (Lipinski definition) is 3. The van der Waals surface area contributed by atoms with E-state index in [2.05, 4.69) is 67.6 Å². The van der Waals surface area contributed by atoms with E-state index in [0.717, 1.165) is 25.4 Å². The topological polar surface area (TPSA) is 24.5 Å². The van der Waals surface area contributed by atoms with Crippen LogP contribution >= 0.6 is 0 Å². The fraction of sp³-hybridized carbons (Fsp3) is 0.400. The highest BCUT2D eigenvalue weighted by Gasteiger charge is 1.98. The fourth-order valence-electron chi connectivity index (χ4n) is 2.31. The Morgan fingerprint density at radius 1 is 0.913 bits per heavy atom. The summed E-state index contributed by atoms with van der Waals surface area (Å²) in [6.45, 7) is 5.79. The van der Waals surface area contributed by atoms with Crippen molar-refractivity contribution < 1.29 is 4.74 Å². The lowest BCUT2D eigenvalue weighted by atomic mass is 10.2. The van der Waals surface area contributed by atoms with Crippen LogP contribution in [0.3, 0.4) is 0 Å². The molecule has 3 heteroatoms. The van der Waals surface area contributed by atoms with Gasteiger partial charge in [-0.1, -0.05) is 42.0 Å². The van der Waals surface area contributed by atoms with E-state index in [1.165, 1.54) is 23.1 Å². The number of nitrogens with one attached hydrogen (secondary N) is 1. The number of hydrogen-bond donors (Lipinski definition) is 1. The molecule has 0 amide bonds. The smallest absolute Gasteiger partial charge is 0.119 e. The van der Waals surface area contributed by atoms with Crippen molar-refractivity contribution in [1.29, 1.82) is 0 Å². The quantitative estimate of drug-likeness (QED) is 0.716. The van der Waals surface area contributed by atoms with Crippen molar-refractivity contribution in [2.75, 3.05) is 27.2 Å². The average molecular weight is 312 g/mol. The van der Waals surface area contributed by atoms with Crippen molar-refractivity contribution in [2.45, 2.75) is 26.5 Å². The van der Waals surface area contributed by atoms with Crippen LogP contribution in [0.1, 0.15) is 23.1 Å². The minimum Gasteiger partial charge on any atom is -0.489 e. The molecule has 0 unspecified atom stereocenters. The van der Waals surface area contributed by atoms with Gasteiger partial charge in [-0.25, -0.2) is 0 Å². The molecule has 0 saturated heterocycles. The highest BCUT2D eigenvalue weighted by molar-refractivity contribution is 5.28. The number of ether oxygens (including phenoxy) is 1. The fourth-order valence-corrected chi connectivity index (χ4v) is 2.31. The Hall–Kier alpha value is -1.84. The number of benzene rings is 2. The summed E-state index contributed by atoms with van der Waals surface area (Å²) >= 11 is 0. The van der Waals surface area contributed by atoms with Gasteiger partial charge in [0, 0.05) is 6.54 Å². The SMILES string of the molecule is Cc1ccc(COc2ccc(CNCCCN(C)C)cc2)cc1. The van der Waals surface area contributed by atoms with E-state index in [4.69, 9.17) is 4.74 Å². The van der Waals surface area contributed by atoms with Crippen molar-refractivity contribution in [3.63, 3.8) is 0 Å². The Balaban J connectivity index is 1.70.